The Morgan fingerprint density at radius 3 is 3.05 bits per heavy atom. The summed E-state index contributed by atoms with van der Waals surface area (Å²) < 4.78 is 4.67. The average Bonchev–Trinajstić information content (AvgIpc) is 2.51. The largest absolute Gasteiger partial charge is 0.468 e. The maximum Gasteiger partial charge on any atom is 0.330 e. The van der Waals surface area contributed by atoms with Gasteiger partial charge in [0.2, 0.25) is 0 Å². The molecule has 2 amide bonds. The van der Waals surface area contributed by atoms with Gasteiger partial charge in [-0.2, -0.15) is 0 Å². The Morgan fingerprint density at radius 1 is 1.48 bits per heavy atom. The van der Waals surface area contributed by atoms with Crippen molar-refractivity contribution in [2.45, 2.75) is 6.42 Å². The van der Waals surface area contributed by atoms with Crippen LogP contribution in [0.5, 0.6) is 0 Å². The van der Waals surface area contributed by atoms with Gasteiger partial charge in [-0.05, 0) is 24.6 Å². The van der Waals surface area contributed by atoms with Gasteiger partial charge in [0.05, 0.1) is 12.8 Å². The third kappa shape index (κ3) is 2.35. The summed E-state index contributed by atoms with van der Waals surface area (Å²) in [6.45, 7) is 1.14. The molecule has 0 saturated heterocycles. The first kappa shape index (κ1) is 13.9. The van der Waals surface area contributed by atoms with E-state index in [0.717, 1.165) is 12.0 Å². The van der Waals surface area contributed by atoms with Gasteiger partial charge in [-0.15, -0.1) is 0 Å². The van der Waals surface area contributed by atoms with Gasteiger partial charge < -0.3 is 4.74 Å². The fourth-order valence-electron chi connectivity index (χ4n) is 2.53. The van der Waals surface area contributed by atoms with Gasteiger partial charge in [-0.1, -0.05) is 11.6 Å². The molecule has 6 nitrogen and oxygen atoms in total. The van der Waals surface area contributed by atoms with Crippen LogP contribution >= 0.6 is 11.6 Å². The Kier molecular flexibility index (Phi) is 3.55. The van der Waals surface area contributed by atoms with Crippen LogP contribution in [0, 0.1) is 0 Å². The number of nitrogens with zero attached hydrogens (tertiary/aromatic N) is 3. The van der Waals surface area contributed by atoms with Crippen LogP contribution in [0.1, 0.15) is 12.0 Å². The molecule has 2 aliphatic rings. The van der Waals surface area contributed by atoms with E-state index in [4.69, 9.17) is 11.6 Å². The van der Waals surface area contributed by atoms with E-state index in [1.165, 1.54) is 12.0 Å². The van der Waals surface area contributed by atoms with Crippen molar-refractivity contribution in [3.63, 3.8) is 0 Å². The zero-order chi connectivity index (χ0) is 15.0. The van der Waals surface area contributed by atoms with Crippen molar-refractivity contribution in [3.05, 3.63) is 28.8 Å². The molecule has 0 aliphatic carbocycles. The van der Waals surface area contributed by atoms with Gasteiger partial charge in [-0.25, -0.2) is 4.79 Å². The van der Waals surface area contributed by atoms with Gasteiger partial charge in [0.15, 0.2) is 0 Å². The van der Waals surface area contributed by atoms with E-state index >= 15 is 0 Å². The predicted octanol–water partition coefficient (Wildman–Crippen LogP) is 1.91. The van der Waals surface area contributed by atoms with E-state index in [1.54, 1.807) is 17.0 Å². The Bertz CT molecular complexity index is 644. The van der Waals surface area contributed by atoms with E-state index in [2.05, 4.69) is 9.73 Å². The van der Waals surface area contributed by atoms with Crippen molar-refractivity contribution in [1.82, 2.24) is 4.90 Å². The highest BCUT2D eigenvalue weighted by molar-refractivity contribution is 6.31. The van der Waals surface area contributed by atoms with E-state index in [-0.39, 0.29) is 12.6 Å². The van der Waals surface area contributed by atoms with Crippen LogP contribution in [0.4, 0.5) is 10.5 Å². The summed E-state index contributed by atoms with van der Waals surface area (Å²) in [5, 5.41) is 0.501. The number of hydrogen-bond acceptors (Lipinski definition) is 4. The highest BCUT2D eigenvalue weighted by atomic mass is 35.5. The molecule has 0 aromatic heterocycles. The summed E-state index contributed by atoms with van der Waals surface area (Å²) in [5.74, 6) is 0.172. The molecule has 0 saturated carbocycles. The second kappa shape index (κ2) is 5.37. The molecule has 110 valence electrons. The first-order valence-corrected chi connectivity index (χ1v) is 7.00. The normalized spacial score (nSPS) is 17.0. The smallest absolute Gasteiger partial charge is 0.330 e. The number of benzene rings is 1. The molecule has 0 atom stereocenters. The van der Waals surface area contributed by atoms with Gasteiger partial charge in [0, 0.05) is 23.7 Å². The minimum atomic E-state index is -0.480. The summed E-state index contributed by atoms with van der Waals surface area (Å²) in [6, 6.07) is 4.98. The number of aliphatic imine (C=N–C) groups is 1. The predicted molar refractivity (Wildman–Crippen MR) is 78.9 cm³/mol. The van der Waals surface area contributed by atoms with Crippen LogP contribution in [0.25, 0.3) is 0 Å². The van der Waals surface area contributed by atoms with Crippen LogP contribution < -0.4 is 4.90 Å². The molecule has 2 aliphatic heterocycles. The van der Waals surface area contributed by atoms with Crippen molar-refractivity contribution in [1.29, 1.82) is 0 Å². The first-order chi connectivity index (χ1) is 10.1. The average molecular weight is 308 g/mol. The van der Waals surface area contributed by atoms with E-state index in [0.29, 0.717) is 29.6 Å². The summed E-state index contributed by atoms with van der Waals surface area (Å²) in [7, 11) is 1.30. The minimum Gasteiger partial charge on any atom is -0.468 e. The molecule has 3 rings (SSSR count). The van der Waals surface area contributed by atoms with Crippen molar-refractivity contribution in [2.24, 2.45) is 4.99 Å². The molecule has 7 heteroatoms. The molecule has 0 spiro atoms. The summed E-state index contributed by atoms with van der Waals surface area (Å²) >= 11 is 6.03. The Morgan fingerprint density at radius 2 is 2.29 bits per heavy atom. The topological polar surface area (TPSA) is 62.2 Å². The molecule has 1 aromatic carbocycles. The third-order valence-corrected chi connectivity index (χ3v) is 3.76. The number of methoxy groups -OCH3 is 1. The number of amides is 2. The number of carbonyl (C=O) groups is 2. The standard InChI is InChI=1S/C14H14ClN3O3/c1-21-12(19)8-18-11-7-9(15)3-4-10(11)13-16-5-2-6-17(13)14(18)20/h3-4,7H,2,5-6,8H2,1H3. The molecule has 1 aromatic rings. The number of anilines is 1. The number of halogens is 1. The minimum absolute atomic E-state index is 0.146. The Labute approximate surface area is 126 Å². The number of fused-ring (bicyclic) bond motifs is 3. The SMILES string of the molecule is COC(=O)CN1C(=O)N2CCCN=C2c2ccc(Cl)cc21. The van der Waals surface area contributed by atoms with E-state index in [9.17, 15) is 9.59 Å². The lowest BCUT2D eigenvalue weighted by Gasteiger charge is -2.38. The Hall–Kier alpha value is -2.08. The number of ether oxygens (including phenoxy) is 1. The fourth-order valence-corrected chi connectivity index (χ4v) is 2.70. The number of hydrogen-bond donors (Lipinski definition) is 0. The maximum absolute atomic E-state index is 12.6. The molecule has 0 fully saturated rings. The molecular weight excluding hydrogens is 294 g/mol. The lowest BCUT2D eigenvalue weighted by molar-refractivity contribution is -0.138. The maximum atomic E-state index is 12.6. The third-order valence-electron chi connectivity index (χ3n) is 3.53. The fraction of sp³-hybridized carbons (Fsp3) is 0.357. The number of rotatable bonds is 2. The number of amidine groups is 1. The van der Waals surface area contributed by atoms with Crippen molar-refractivity contribution in [2.75, 3.05) is 31.6 Å². The molecule has 0 unspecified atom stereocenters. The van der Waals surface area contributed by atoms with E-state index < -0.39 is 5.97 Å². The van der Waals surface area contributed by atoms with Crippen LogP contribution in [-0.4, -0.2) is 49.5 Å². The lowest BCUT2D eigenvalue weighted by atomic mass is 10.1. The van der Waals surface area contributed by atoms with Crippen LogP contribution in [0.15, 0.2) is 23.2 Å². The number of urea groups is 1. The highest BCUT2D eigenvalue weighted by Crippen LogP contribution is 2.32. The van der Waals surface area contributed by atoms with Gasteiger partial charge in [0.1, 0.15) is 12.4 Å². The first-order valence-electron chi connectivity index (χ1n) is 6.62. The zero-order valence-electron chi connectivity index (χ0n) is 11.5. The quantitative estimate of drug-likeness (QED) is 0.784. The van der Waals surface area contributed by atoms with Crippen molar-refractivity contribution < 1.29 is 14.3 Å². The summed E-state index contributed by atoms with van der Waals surface area (Å²) in [4.78, 5) is 31.6. The zero-order valence-corrected chi connectivity index (χ0v) is 12.3. The summed E-state index contributed by atoms with van der Waals surface area (Å²) in [6.07, 6.45) is 0.810. The van der Waals surface area contributed by atoms with Gasteiger partial charge in [0.25, 0.3) is 0 Å². The van der Waals surface area contributed by atoms with Gasteiger partial charge in [-0.3, -0.25) is 19.6 Å². The Balaban J connectivity index is 2.11. The molecular formula is C14H14ClN3O3. The van der Waals surface area contributed by atoms with E-state index in [1.807, 2.05) is 6.07 Å². The molecule has 0 bridgehead atoms. The molecule has 0 radical (unpaired) electrons. The molecule has 2 heterocycles. The number of esters is 1. The van der Waals surface area contributed by atoms with Crippen LogP contribution in [0.3, 0.4) is 0 Å². The molecule has 21 heavy (non-hydrogen) atoms. The van der Waals surface area contributed by atoms with Crippen molar-refractivity contribution in [3.8, 4) is 0 Å². The molecule has 0 N–H and O–H groups in total. The van der Waals surface area contributed by atoms with Gasteiger partial charge >= 0.3 is 12.0 Å². The lowest BCUT2D eigenvalue weighted by Crippen LogP contribution is -2.54. The second-order valence-electron chi connectivity index (χ2n) is 4.82. The number of carbonyl (C=O) groups excluding carboxylic acids is 2. The van der Waals surface area contributed by atoms with Crippen LogP contribution in [0.2, 0.25) is 5.02 Å². The second-order valence-corrected chi connectivity index (χ2v) is 5.25. The monoisotopic (exact) mass is 307 g/mol. The van der Waals surface area contributed by atoms with Crippen molar-refractivity contribution >= 4 is 35.1 Å². The van der Waals surface area contributed by atoms with Crippen LogP contribution in [-0.2, 0) is 9.53 Å². The highest BCUT2D eigenvalue weighted by Gasteiger charge is 2.37. The summed E-state index contributed by atoms with van der Waals surface area (Å²) in [5.41, 5.74) is 1.40.